The summed E-state index contributed by atoms with van der Waals surface area (Å²) in [5, 5.41) is 15.6. The van der Waals surface area contributed by atoms with E-state index in [4.69, 9.17) is 4.74 Å². The Labute approximate surface area is 156 Å². The van der Waals surface area contributed by atoms with E-state index in [9.17, 15) is 14.3 Å². The second kappa shape index (κ2) is 8.23. The van der Waals surface area contributed by atoms with Crippen LogP contribution in [0, 0.1) is 12.7 Å². The highest BCUT2D eigenvalue weighted by atomic mass is 19.1. The molecule has 0 bridgehead atoms. The van der Waals surface area contributed by atoms with E-state index in [1.165, 1.54) is 24.3 Å². The van der Waals surface area contributed by atoms with Crippen molar-refractivity contribution in [2.24, 2.45) is 0 Å². The predicted octanol–water partition coefficient (Wildman–Crippen LogP) is 4.54. The first kappa shape index (κ1) is 18.3. The number of carbonyl (C=O) groups excluding carboxylic acids is 1. The van der Waals surface area contributed by atoms with Gasteiger partial charge in [-0.25, -0.2) is 4.39 Å². The number of phenolic OH excluding ortho intramolecular Hbond substituents is 1. The first-order valence-corrected chi connectivity index (χ1v) is 8.35. The van der Waals surface area contributed by atoms with Crippen LogP contribution in [0.2, 0.25) is 0 Å². The molecule has 0 saturated heterocycles. The average molecular weight is 366 g/mol. The lowest BCUT2D eigenvalue weighted by molar-refractivity contribution is 0.102. The van der Waals surface area contributed by atoms with E-state index in [0.717, 1.165) is 5.56 Å². The molecule has 0 heterocycles. The zero-order chi connectivity index (χ0) is 19.2. The van der Waals surface area contributed by atoms with E-state index in [1.54, 1.807) is 18.2 Å². The molecule has 0 saturated carbocycles. The summed E-state index contributed by atoms with van der Waals surface area (Å²) in [6, 6.07) is 17.9. The SMILES string of the molecule is Cc1ccc(OCNc2ccc(NC(=O)c3ccccc3F)cc2O)cc1. The fourth-order valence-corrected chi connectivity index (χ4v) is 2.43. The first-order chi connectivity index (χ1) is 13.0. The average Bonchev–Trinajstić information content (AvgIpc) is 2.65. The minimum atomic E-state index is -0.606. The number of carbonyl (C=O) groups is 1. The van der Waals surface area contributed by atoms with Crippen LogP contribution in [0.3, 0.4) is 0 Å². The standard InChI is InChI=1S/C21H19FN2O3/c1-14-6-9-16(10-7-14)27-13-23-19-11-8-15(12-20(19)25)24-21(26)17-4-2-3-5-18(17)22/h2-12,23,25H,13H2,1H3,(H,24,26). The Bertz CT molecular complexity index is 942. The van der Waals surface area contributed by atoms with Gasteiger partial charge in [-0.3, -0.25) is 4.79 Å². The maximum Gasteiger partial charge on any atom is 0.258 e. The molecule has 138 valence electrons. The van der Waals surface area contributed by atoms with Crippen molar-refractivity contribution >= 4 is 17.3 Å². The normalized spacial score (nSPS) is 10.3. The maximum atomic E-state index is 13.7. The Balaban J connectivity index is 1.59. The number of anilines is 2. The molecule has 1 amide bonds. The summed E-state index contributed by atoms with van der Waals surface area (Å²) < 4.78 is 19.2. The molecule has 0 unspecified atom stereocenters. The number of benzene rings is 3. The van der Waals surface area contributed by atoms with Gasteiger partial charge in [-0.1, -0.05) is 29.8 Å². The first-order valence-electron chi connectivity index (χ1n) is 8.35. The Morgan fingerprint density at radius 2 is 1.81 bits per heavy atom. The van der Waals surface area contributed by atoms with Crippen molar-refractivity contribution < 1.29 is 19.0 Å². The number of amides is 1. The number of aryl methyl sites for hydroxylation is 1. The van der Waals surface area contributed by atoms with E-state index >= 15 is 0 Å². The van der Waals surface area contributed by atoms with Crippen LogP contribution in [-0.2, 0) is 0 Å². The van der Waals surface area contributed by atoms with Crippen LogP contribution in [0.5, 0.6) is 11.5 Å². The lowest BCUT2D eigenvalue weighted by Gasteiger charge is -2.12. The fraction of sp³-hybridized carbons (Fsp3) is 0.0952. The molecular formula is C21H19FN2O3. The second-order valence-electron chi connectivity index (χ2n) is 5.94. The molecule has 3 rings (SSSR count). The van der Waals surface area contributed by atoms with Crippen molar-refractivity contribution in [1.29, 1.82) is 0 Å². The van der Waals surface area contributed by atoms with Crippen molar-refractivity contribution in [3.05, 3.63) is 83.7 Å². The number of rotatable bonds is 6. The number of nitrogens with one attached hydrogen (secondary N) is 2. The van der Waals surface area contributed by atoms with Gasteiger partial charge >= 0.3 is 0 Å². The zero-order valence-corrected chi connectivity index (χ0v) is 14.7. The third-order valence-corrected chi connectivity index (χ3v) is 3.90. The van der Waals surface area contributed by atoms with E-state index < -0.39 is 11.7 Å². The third-order valence-electron chi connectivity index (χ3n) is 3.90. The number of phenols is 1. The summed E-state index contributed by atoms with van der Waals surface area (Å²) in [4.78, 5) is 12.1. The van der Waals surface area contributed by atoms with Crippen molar-refractivity contribution in [3.63, 3.8) is 0 Å². The molecule has 27 heavy (non-hydrogen) atoms. The van der Waals surface area contributed by atoms with Gasteiger partial charge in [0.25, 0.3) is 5.91 Å². The molecule has 5 nitrogen and oxygen atoms in total. The topological polar surface area (TPSA) is 70.6 Å². The molecule has 0 aromatic heterocycles. The highest BCUT2D eigenvalue weighted by Crippen LogP contribution is 2.27. The second-order valence-corrected chi connectivity index (χ2v) is 5.94. The maximum absolute atomic E-state index is 13.7. The number of aromatic hydroxyl groups is 1. The molecule has 0 aliphatic carbocycles. The summed E-state index contributed by atoms with van der Waals surface area (Å²) in [5.41, 5.74) is 1.88. The Kier molecular flexibility index (Phi) is 5.56. The highest BCUT2D eigenvalue weighted by Gasteiger charge is 2.12. The van der Waals surface area contributed by atoms with E-state index in [1.807, 2.05) is 31.2 Å². The Morgan fingerprint density at radius 3 is 2.52 bits per heavy atom. The predicted molar refractivity (Wildman–Crippen MR) is 103 cm³/mol. The van der Waals surface area contributed by atoms with Crippen LogP contribution < -0.4 is 15.4 Å². The van der Waals surface area contributed by atoms with E-state index in [-0.39, 0.29) is 18.0 Å². The molecule has 0 aliphatic rings. The number of hydrogen-bond acceptors (Lipinski definition) is 4. The summed E-state index contributed by atoms with van der Waals surface area (Å²) in [5.74, 6) is -0.545. The third kappa shape index (κ3) is 4.76. The van der Waals surface area contributed by atoms with Crippen LogP contribution in [0.15, 0.2) is 66.7 Å². The van der Waals surface area contributed by atoms with Crippen LogP contribution in [0.4, 0.5) is 15.8 Å². The molecule has 6 heteroatoms. The molecule has 0 spiro atoms. The fourth-order valence-electron chi connectivity index (χ4n) is 2.43. The Hall–Kier alpha value is -3.54. The Morgan fingerprint density at radius 1 is 1.07 bits per heavy atom. The summed E-state index contributed by atoms with van der Waals surface area (Å²) >= 11 is 0. The summed E-state index contributed by atoms with van der Waals surface area (Å²) in [7, 11) is 0. The molecule has 3 N–H and O–H groups in total. The molecule has 0 atom stereocenters. The minimum absolute atomic E-state index is 0.0613. The molecule has 0 radical (unpaired) electrons. The van der Waals surface area contributed by atoms with Crippen LogP contribution >= 0.6 is 0 Å². The lowest BCUT2D eigenvalue weighted by Crippen LogP contribution is -2.14. The van der Waals surface area contributed by atoms with Crippen LogP contribution in [-0.4, -0.2) is 17.7 Å². The number of halogens is 1. The largest absolute Gasteiger partial charge is 0.506 e. The van der Waals surface area contributed by atoms with Gasteiger partial charge in [-0.15, -0.1) is 0 Å². The molecule has 3 aromatic rings. The quantitative estimate of drug-likeness (QED) is 0.442. The van der Waals surface area contributed by atoms with Gasteiger partial charge in [0.15, 0.2) is 6.73 Å². The van der Waals surface area contributed by atoms with Gasteiger partial charge in [0.2, 0.25) is 0 Å². The van der Waals surface area contributed by atoms with E-state index in [2.05, 4.69) is 10.6 Å². The van der Waals surface area contributed by atoms with Gasteiger partial charge < -0.3 is 20.5 Å². The monoisotopic (exact) mass is 366 g/mol. The van der Waals surface area contributed by atoms with Gasteiger partial charge in [0, 0.05) is 11.8 Å². The molecule has 0 fully saturated rings. The van der Waals surface area contributed by atoms with Crippen molar-refractivity contribution in [1.82, 2.24) is 0 Å². The summed E-state index contributed by atoms with van der Waals surface area (Å²) in [6.45, 7) is 2.16. The van der Waals surface area contributed by atoms with E-state index in [0.29, 0.717) is 17.1 Å². The number of hydrogen-bond donors (Lipinski definition) is 3. The van der Waals surface area contributed by atoms with Gasteiger partial charge in [0.05, 0.1) is 11.3 Å². The van der Waals surface area contributed by atoms with Crippen molar-refractivity contribution in [2.45, 2.75) is 6.92 Å². The van der Waals surface area contributed by atoms with Gasteiger partial charge in [0.1, 0.15) is 17.3 Å². The molecule has 0 aliphatic heterocycles. The van der Waals surface area contributed by atoms with Gasteiger partial charge in [-0.05, 0) is 43.3 Å². The van der Waals surface area contributed by atoms with Crippen LogP contribution in [0.25, 0.3) is 0 Å². The molecular weight excluding hydrogens is 347 g/mol. The molecule has 3 aromatic carbocycles. The summed E-state index contributed by atoms with van der Waals surface area (Å²) in [6.07, 6.45) is 0. The highest BCUT2D eigenvalue weighted by molar-refractivity contribution is 6.04. The lowest BCUT2D eigenvalue weighted by atomic mass is 10.2. The van der Waals surface area contributed by atoms with Gasteiger partial charge in [-0.2, -0.15) is 0 Å². The minimum Gasteiger partial charge on any atom is -0.506 e. The van der Waals surface area contributed by atoms with Crippen LogP contribution in [0.1, 0.15) is 15.9 Å². The van der Waals surface area contributed by atoms with Crippen molar-refractivity contribution in [3.8, 4) is 11.5 Å². The zero-order valence-electron chi connectivity index (χ0n) is 14.7. The smallest absolute Gasteiger partial charge is 0.258 e. The number of ether oxygens (including phenoxy) is 1. The van der Waals surface area contributed by atoms with Crippen molar-refractivity contribution in [2.75, 3.05) is 17.4 Å².